The fourth-order valence-electron chi connectivity index (χ4n) is 11.0. The Balaban J connectivity index is 0.965. The van der Waals surface area contributed by atoms with Gasteiger partial charge in [-0.2, -0.15) is 0 Å². The van der Waals surface area contributed by atoms with Crippen molar-refractivity contribution in [2.45, 2.75) is 0 Å². The largest absolute Gasteiger partial charge is 0.456 e. The third-order valence-corrected chi connectivity index (χ3v) is 15.0. The second kappa shape index (κ2) is 14.6. The molecule has 0 N–H and O–H groups in total. The lowest BCUT2D eigenvalue weighted by molar-refractivity contribution is 0.669. The summed E-state index contributed by atoms with van der Waals surface area (Å²) in [7, 11) is 0. The molecular formula is C64H38OS. The van der Waals surface area contributed by atoms with Crippen LogP contribution in [0.3, 0.4) is 0 Å². The minimum atomic E-state index is 0.898. The van der Waals surface area contributed by atoms with E-state index in [0.717, 1.165) is 21.9 Å². The van der Waals surface area contributed by atoms with Crippen molar-refractivity contribution in [3.8, 4) is 55.6 Å². The summed E-state index contributed by atoms with van der Waals surface area (Å²) < 4.78 is 9.02. The van der Waals surface area contributed by atoms with E-state index in [1.807, 2.05) is 11.3 Å². The zero-order valence-corrected chi connectivity index (χ0v) is 36.6. The van der Waals surface area contributed by atoms with Crippen molar-refractivity contribution in [1.29, 1.82) is 0 Å². The molecule has 0 fully saturated rings. The molecule has 1 nitrogen and oxygen atoms in total. The SMILES string of the molecule is c1ccc(-c2ccc3oc4ccc(-c5c6ccccc6c(-c6ccc7c(c6)sc6cccc(-c8c9ccccc9c(-c9ccccc9)c9ccccc89)c67)c6ccccc56)cc4c3c2)cc1. The van der Waals surface area contributed by atoms with Crippen LogP contribution in [-0.2, 0) is 0 Å². The van der Waals surface area contributed by atoms with Crippen molar-refractivity contribution in [1.82, 2.24) is 0 Å². The Morgan fingerprint density at radius 3 is 1.21 bits per heavy atom. The summed E-state index contributed by atoms with van der Waals surface area (Å²) in [6.07, 6.45) is 0. The third-order valence-electron chi connectivity index (χ3n) is 13.8. The molecule has 0 saturated heterocycles. The minimum Gasteiger partial charge on any atom is -0.456 e. The van der Waals surface area contributed by atoms with Gasteiger partial charge < -0.3 is 4.42 Å². The highest BCUT2D eigenvalue weighted by Gasteiger charge is 2.22. The van der Waals surface area contributed by atoms with Crippen LogP contribution in [0.4, 0.5) is 0 Å². The lowest BCUT2D eigenvalue weighted by Gasteiger charge is -2.18. The number of furan rings is 1. The molecule has 0 atom stereocenters. The molecule has 0 spiro atoms. The molecule has 12 aromatic carbocycles. The van der Waals surface area contributed by atoms with Gasteiger partial charge >= 0.3 is 0 Å². The summed E-state index contributed by atoms with van der Waals surface area (Å²) >= 11 is 1.89. The van der Waals surface area contributed by atoms with Crippen molar-refractivity contribution in [3.05, 3.63) is 231 Å². The molecule has 0 aliphatic heterocycles. The van der Waals surface area contributed by atoms with Gasteiger partial charge in [-0.1, -0.05) is 194 Å². The van der Waals surface area contributed by atoms with Gasteiger partial charge in [0.2, 0.25) is 0 Å². The molecule has 0 unspecified atom stereocenters. The zero-order valence-electron chi connectivity index (χ0n) is 35.8. The van der Waals surface area contributed by atoms with E-state index in [2.05, 4.69) is 231 Å². The standard InChI is InChI=1S/C64H38OS/c1-3-16-39(17-4-1)41-31-34-56-54(36-41)55-37-42(32-35-57(55)65-56)61-44-20-7-9-22-46(44)62(47-23-10-8-21-45(47)61)43-30-33-52-59(38-43)66-58-29-15-28-53(64(52)58)63-50-26-13-11-24-48(50)60(40-18-5-2-6-19-40)49-25-12-14-27-51(49)63/h1-38H. The van der Waals surface area contributed by atoms with Crippen molar-refractivity contribution in [2.24, 2.45) is 0 Å². The van der Waals surface area contributed by atoms with Crippen LogP contribution in [0.25, 0.3) is 141 Å². The fraction of sp³-hybridized carbons (Fsp3) is 0. The monoisotopic (exact) mass is 854 g/mol. The number of hydrogen-bond acceptors (Lipinski definition) is 2. The second-order valence-corrected chi connectivity index (χ2v) is 18.5. The summed E-state index contributed by atoms with van der Waals surface area (Å²) in [6.45, 7) is 0. The van der Waals surface area contributed by atoms with Crippen LogP contribution < -0.4 is 0 Å². The maximum absolute atomic E-state index is 6.44. The lowest BCUT2D eigenvalue weighted by atomic mass is 9.84. The van der Waals surface area contributed by atoms with E-state index in [1.54, 1.807) is 0 Å². The van der Waals surface area contributed by atoms with Crippen molar-refractivity contribution >= 4 is 96.5 Å². The number of thiophene rings is 1. The van der Waals surface area contributed by atoms with E-state index in [9.17, 15) is 0 Å². The van der Waals surface area contributed by atoms with Crippen molar-refractivity contribution in [2.75, 3.05) is 0 Å². The molecule has 0 aliphatic rings. The first kappa shape index (κ1) is 37.1. The van der Waals surface area contributed by atoms with Crippen LogP contribution >= 0.6 is 11.3 Å². The van der Waals surface area contributed by atoms with Gasteiger partial charge in [-0.3, -0.25) is 0 Å². The topological polar surface area (TPSA) is 13.1 Å². The smallest absolute Gasteiger partial charge is 0.135 e. The quantitative estimate of drug-likeness (QED) is 0.157. The van der Waals surface area contributed by atoms with Gasteiger partial charge in [-0.15, -0.1) is 11.3 Å². The lowest BCUT2D eigenvalue weighted by Crippen LogP contribution is -1.91. The molecule has 14 rings (SSSR count). The van der Waals surface area contributed by atoms with Crippen LogP contribution in [0.1, 0.15) is 0 Å². The first-order valence-corrected chi connectivity index (χ1v) is 23.5. The van der Waals surface area contributed by atoms with Gasteiger partial charge in [-0.05, 0) is 135 Å². The van der Waals surface area contributed by atoms with Gasteiger partial charge in [0.05, 0.1) is 0 Å². The maximum Gasteiger partial charge on any atom is 0.135 e. The Labute approximate surface area is 385 Å². The van der Waals surface area contributed by atoms with Crippen LogP contribution in [0.15, 0.2) is 235 Å². The highest BCUT2D eigenvalue weighted by molar-refractivity contribution is 7.26. The normalized spacial score (nSPS) is 11.9. The molecule has 0 bridgehead atoms. The van der Waals surface area contributed by atoms with E-state index in [4.69, 9.17) is 4.42 Å². The predicted octanol–water partition coefficient (Wildman–Crippen LogP) is 18.9. The Hall–Kier alpha value is -8.30. The summed E-state index contributed by atoms with van der Waals surface area (Å²) in [5.74, 6) is 0. The molecule has 0 saturated carbocycles. The predicted molar refractivity (Wildman–Crippen MR) is 284 cm³/mol. The second-order valence-electron chi connectivity index (χ2n) is 17.4. The molecular weight excluding hydrogens is 817 g/mol. The molecule has 14 aromatic rings. The average molecular weight is 855 g/mol. The molecule has 0 aliphatic carbocycles. The minimum absolute atomic E-state index is 0.898. The average Bonchev–Trinajstić information content (AvgIpc) is 3.95. The molecule has 66 heavy (non-hydrogen) atoms. The first-order chi connectivity index (χ1) is 32.7. The Morgan fingerprint density at radius 1 is 0.242 bits per heavy atom. The zero-order chi connectivity index (χ0) is 43.3. The first-order valence-electron chi connectivity index (χ1n) is 22.7. The summed E-state index contributed by atoms with van der Waals surface area (Å²) in [6, 6.07) is 84.7. The Kier molecular flexibility index (Phi) is 8.22. The number of benzene rings is 12. The van der Waals surface area contributed by atoms with E-state index >= 15 is 0 Å². The fourth-order valence-corrected chi connectivity index (χ4v) is 12.2. The van der Waals surface area contributed by atoms with Crippen molar-refractivity contribution < 1.29 is 4.42 Å². The summed E-state index contributed by atoms with van der Waals surface area (Å²) in [5, 5.41) is 14.9. The molecule has 2 heterocycles. The van der Waals surface area contributed by atoms with Crippen LogP contribution in [0.2, 0.25) is 0 Å². The van der Waals surface area contributed by atoms with E-state index in [0.29, 0.717) is 0 Å². The maximum atomic E-state index is 6.44. The van der Waals surface area contributed by atoms with Crippen LogP contribution in [0.5, 0.6) is 0 Å². The number of rotatable bonds is 5. The van der Waals surface area contributed by atoms with E-state index in [1.165, 1.54) is 119 Å². The molecule has 2 heteroatoms. The van der Waals surface area contributed by atoms with Crippen molar-refractivity contribution in [3.63, 3.8) is 0 Å². The van der Waals surface area contributed by atoms with E-state index in [-0.39, 0.29) is 0 Å². The summed E-state index contributed by atoms with van der Waals surface area (Å²) in [5.41, 5.74) is 14.2. The van der Waals surface area contributed by atoms with Gasteiger partial charge in [0.25, 0.3) is 0 Å². The van der Waals surface area contributed by atoms with Crippen LogP contribution in [0, 0.1) is 0 Å². The van der Waals surface area contributed by atoms with E-state index < -0.39 is 0 Å². The van der Waals surface area contributed by atoms with Gasteiger partial charge in [0, 0.05) is 30.9 Å². The Morgan fingerprint density at radius 2 is 0.667 bits per heavy atom. The highest BCUT2D eigenvalue weighted by atomic mass is 32.1. The van der Waals surface area contributed by atoms with Gasteiger partial charge in [-0.25, -0.2) is 0 Å². The number of fused-ring (bicyclic) bond motifs is 10. The summed E-state index contributed by atoms with van der Waals surface area (Å²) in [4.78, 5) is 0. The molecule has 306 valence electrons. The molecule has 0 amide bonds. The highest BCUT2D eigenvalue weighted by Crippen LogP contribution is 2.50. The Bertz CT molecular complexity index is 4160. The van der Waals surface area contributed by atoms with Gasteiger partial charge in [0.15, 0.2) is 0 Å². The third kappa shape index (κ3) is 5.59. The van der Waals surface area contributed by atoms with Gasteiger partial charge in [0.1, 0.15) is 11.2 Å². The number of hydrogen-bond donors (Lipinski definition) is 0. The molecule has 0 radical (unpaired) electrons. The molecule has 2 aromatic heterocycles. The van der Waals surface area contributed by atoms with Crippen LogP contribution in [-0.4, -0.2) is 0 Å².